The molecule has 2 amide bonds. The predicted molar refractivity (Wildman–Crippen MR) is 166 cm³/mol. The van der Waals surface area contributed by atoms with Crippen molar-refractivity contribution < 1.29 is 14.6 Å². The normalized spacial score (nSPS) is 13.3. The maximum atomic E-state index is 11.4. The number of benzene rings is 2. The number of para-hydroxylation sites is 1. The lowest BCUT2D eigenvalue weighted by Gasteiger charge is -2.30. The molecular formula is C33H40N6O3. The fraction of sp³-hybridized carbons (Fsp3) is 0.364. The van der Waals surface area contributed by atoms with Gasteiger partial charge in [-0.05, 0) is 69.0 Å². The molecule has 5 rings (SSSR count). The second-order valence-corrected chi connectivity index (χ2v) is 12.0. The number of amides is 2. The van der Waals surface area contributed by atoms with Crippen molar-refractivity contribution in [1.82, 2.24) is 14.8 Å². The molecule has 0 aliphatic carbocycles. The number of nitrogens with two attached hydrogens (primary N) is 1. The van der Waals surface area contributed by atoms with Crippen molar-refractivity contribution in [2.75, 3.05) is 23.4 Å². The molecule has 1 aliphatic heterocycles. The zero-order valence-corrected chi connectivity index (χ0v) is 25.2. The van der Waals surface area contributed by atoms with Crippen LogP contribution >= 0.6 is 0 Å². The average molecular weight is 569 g/mol. The third-order valence-corrected chi connectivity index (χ3v) is 7.50. The van der Waals surface area contributed by atoms with E-state index in [1.165, 1.54) is 0 Å². The number of aliphatic hydroxyl groups is 1. The second kappa shape index (κ2) is 11.5. The minimum atomic E-state index is -0.960. The van der Waals surface area contributed by atoms with Crippen molar-refractivity contribution >= 4 is 17.5 Å². The van der Waals surface area contributed by atoms with Gasteiger partial charge in [0.25, 0.3) is 0 Å². The van der Waals surface area contributed by atoms with E-state index < -0.39 is 11.6 Å². The van der Waals surface area contributed by atoms with Gasteiger partial charge in [-0.2, -0.15) is 5.10 Å². The summed E-state index contributed by atoms with van der Waals surface area (Å²) in [6, 6.07) is 15.1. The number of urea groups is 1. The molecule has 0 saturated heterocycles. The number of nitrogens with one attached hydrogen (secondary N) is 1. The zero-order valence-electron chi connectivity index (χ0n) is 25.2. The van der Waals surface area contributed by atoms with Gasteiger partial charge in [0.15, 0.2) is 0 Å². The van der Waals surface area contributed by atoms with E-state index in [1.807, 2.05) is 54.1 Å². The summed E-state index contributed by atoms with van der Waals surface area (Å²) in [5.41, 5.74) is 12.8. The number of ether oxygens (including phenoxy) is 1. The quantitative estimate of drug-likeness (QED) is 0.245. The largest absolute Gasteiger partial charge is 0.491 e. The predicted octanol–water partition coefficient (Wildman–Crippen LogP) is 5.87. The number of carbonyl (C=O) groups excluding carboxylic acids is 1. The molecule has 0 bridgehead atoms. The van der Waals surface area contributed by atoms with Gasteiger partial charge >= 0.3 is 6.03 Å². The Balaban J connectivity index is 1.63. The monoisotopic (exact) mass is 568 g/mol. The van der Waals surface area contributed by atoms with Gasteiger partial charge in [0.2, 0.25) is 0 Å². The van der Waals surface area contributed by atoms with Gasteiger partial charge in [-0.3, -0.25) is 0 Å². The van der Waals surface area contributed by atoms with Crippen LogP contribution in [0.25, 0.3) is 16.9 Å². The van der Waals surface area contributed by atoms with Crippen LogP contribution in [-0.2, 0) is 18.6 Å². The van der Waals surface area contributed by atoms with Crippen molar-refractivity contribution in [2.24, 2.45) is 11.7 Å². The van der Waals surface area contributed by atoms with Crippen LogP contribution in [0.5, 0.6) is 5.75 Å². The first-order chi connectivity index (χ1) is 19.9. The van der Waals surface area contributed by atoms with Crippen LogP contribution in [0.2, 0.25) is 0 Å². The van der Waals surface area contributed by atoms with Gasteiger partial charge in [0.05, 0.1) is 23.6 Å². The molecule has 220 valence electrons. The van der Waals surface area contributed by atoms with Gasteiger partial charge in [-0.25, -0.2) is 14.5 Å². The number of rotatable bonds is 8. The molecular weight excluding hydrogens is 528 g/mol. The maximum Gasteiger partial charge on any atom is 0.316 e. The van der Waals surface area contributed by atoms with Gasteiger partial charge in [-0.15, -0.1) is 0 Å². The zero-order chi connectivity index (χ0) is 30.2. The summed E-state index contributed by atoms with van der Waals surface area (Å²) >= 11 is 0. The van der Waals surface area contributed by atoms with Crippen LogP contribution in [0.3, 0.4) is 0 Å². The molecule has 9 nitrogen and oxygen atoms in total. The van der Waals surface area contributed by atoms with Gasteiger partial charge < -0.3 is 25.8 Å². The highest BCUT2D eigenvalue weighted by molar-refractivity contribution is 5.88. The van der Waals surface area contributed by atoms with Gasteiger partial charge in [0.1, 0.15) is 17.3 Å². The first kappa shape index (κ1) is 29.1. The summed E-state index contributed by atoms with van der Waals surface area (Å²) in [4.78, 5) is 18.5. The molecule has 3 heterocycles. The van der Waals surface area contributed by atoms with Gasteiger partial charge in [0, 0.05) is 48.1 Å². The summed E-state index contributed by atoms with van der Waals surface area (Å²) in [5, 5.41) is 18.3. The molecule has 2 aromatic heterocycles. The van der Waals surface area contributed by atoms with Crippen LogP contribution in [0, 0.1) is 19.8 Å². The minimum absolute atomic E-state index is 0.376. The molecule has 0 radical (unpaired) electrons. The van der Waals surface area contributed by atoms with Crippen molar-refractivity contribution in [3.05, 3.63) is 82.7 Å². The number of aryl methyl sites for hydroxylation is 2. The van der Waals surface area contributed by atoms with Crippen molar-refractivity contribution in [2.45, 2.75) is 60.1 Å². The first-order valence-electron chi connectivity index (χ1n) is 14.4. The molecule has 0 atom stereocenters. The number of hydrogen-bond donors (Lipinski definition) is 3. The lowest BCUT2D eigenvalue weighted by molar-refractivity contribution is 0.0782. The number of nitrogens with zero attached hydrogens (tertiary/aromatic N) is 4. The Hall–Kier alpha value is -4.37. The lowest BCUT2D eigenvalue weighted by Crippen LogP contribution is -2.31. The number of anilines is 2. The number of carbonyl (C=O) groups is 1. The molecule has 9 heteroatoms. The summed E-state index contributed by atoms with van der Waals surface area (Å²) in [6.07, 6.45) is 2.51. The lowest BCUT2D eigenvalue weighted by atomic mass is 9.97. The van der Waals surface area contributed by atoms with E-state index in [9.17, 15) is 9.90 Å². The van der Waals surface area contributed by atoms with E-state index in [-0.39, 0.29) is 0 Å². The van der Waals surface area contributed by atoms with Gasteiger partial charge in [-0.1, -0.05) is 38.1 Å². The van der Waals surface area contributed by atoms with E-state index in [0.717, 1.165) is 69.4 Å². The van der Waals surface area contributed by atoms with E-state index >= 15 is 0 Å². The Kier molecular flexibility index (Phi) is 7.97. The third-order valence-electron chi connectivity index (χ3n) is 7.50. The fourth-order valence-electron chi connectivity index (χ4n) is 5.38. The van der Waals surface area contributed by atoms with Crippen LogP contribution in [0.4, 0.5) is 16.3 Å². The molecule has 42 heavy (non-hydrogen) atoms. The molecule has 0 fully saturated rings. The summed E-state index contributed by atoms with van der Waals surface area (Å²) in [6.45, 7) is 13.9. The Morgan fingerprint density at radius 1 is 1.14 bits per heavy atom. The van der Waals surface area contributed by atoms with E-state index in [4.69, 9.17) is 20.6 Å². The van der Waals surface area contributed by atoms with Crippen LogP contribution in [-0.4, -0.2) is 39.1 Å². The number of hydrogen-bond acceptors (Lipinski definition) is 6. The first-order valence-corrected chi connectivity index (χ1v) is 14.4. The summed E-state index contributed by atoms with van der Waals surface area (Å²) in [5.74, 6) is 2.06. The number of primary amides is 1. The van der Waals surface area contributed by atoms with E-state index in [2.05, 4.69) is 37.1 Å². The topological polar surface area (TPSA) is 119 Å². The van der Waals surface area contributed by atoms with Crippen LogP contribution in [0.1, 0.15) is 55.6 Å². The summed E-state index contributed by atoms with van der Waals surface area (Å²) < 4.78 is 8.32. The van der Waals surface area contributed by atoms with Crippen molar-refractivity contribution in [1.29, 1.82) is 0 Å². The van der Waals surface area contributed by atoms with E-state index in [0.29, 0.717) is 24.8 Å². The average Bonchev–Trinajstić information content (AvgIpc) is 3.29. The fourth-order valence-corrected chi connectivity index (χ4v) is 5.38. The molecule has 0 spiro atoms. The molecule has 0 unspecified atom stereocenters. The highest BCUT2D eigenvalue weighted by Gasteiger charge is 2.29. The number of pyridine rings is 1. The van der Waals surface area contributed by atoms with Crippen molar-refractivity contribution in [3.63, 3.8) is 0 Å². The van der Waals surface area contributed by atoms with E-state index in [1.54, 1.807) is 20.0 Å². The van der Waals surface area contributed by atoms with Crippen molar-refractivity contribution in [3.8, 4) is 22.7 Å². The Labute approximate surface area is 247 Å². The summed E-state index contributed by atoms with van der Waals surface area (Å²) in [7, 11) is 0. The van der Waals surface area contributed by atoms with Crippen LogP contribution < -0.4 is 20.7 Å². The second-order valence-electron chi connectivity index (χ2n) is 12.0. The number of aromatic nitrogens is 3. The Morgan fingerprint density at radius 3 is 2.52 bits per heavy atom. The smallest absolute Gasteiger partial charge is 0.316 e. The standard InChI is InChI=1S/C33H40N6O3/c1-20(2)19-42-28-9-7-8-21(3)29(28)39-30(23-10-12-25(13-11-23)36-32(34)40)26-18-38(15-14-27(26)37-39)31-22(4)16-24(17-35-31)33(5,6)41/h7-13,16-17,20,41H,14-15,18-19H2,1-6H3,(H3,34,36,40). The van der Waals surface area contributed by atoms with Crippen LogP contribution in [0.15, 0.2) is 54.7 Å². The SMILES string of the molecule is Cc1cc(C(C)(C)O)cnc1N1CCc2nn(-c3c(C)cccc3OCC(C)C)c(-c3ccc(NC(N)=O)cc3)c2C1. The molecule has 2 aromatic carbocycles. The minimum Gasteiger partial charge on any atom is -0.491 e. The molecule has 0 saturated carbocycles. The highest BCUT2D eigenvalue weighted by Crippen LogP contribution is 2.38. The Morgan fingerprint density at radius 2 is 1.88 bits per heavy atom. The number of fused-ring (bicyclic) bond motifs is 1. The third kappa shape index (κ3) is 5.97. The molecule has 4 aromatic rings. The molecule has 1 aliphatic rings. The molecule has 4 N–H and O–H groups in total. The Bertz CT molecular complexity index is 1600. The maximum absolute atomic E-state index is 11.4. The highest BCUT2D eigenvalue weighted by atomic mass is 16.5.